The third-order valence-corrected chi connectivity index (χ3v) is 8.96. The van der Waals surface area contributed by atoms with E-state index in [1.54, 1.807) is 13.0 Å². The third kappa shape index (κ3) is 4.74. The minimum atomic E-state index is -3.81. The van der Waals surface area contributed by atoms with E-state index < -0.39 is 16.1 Å². The van der Waals surface area contributed by atoms with E-state index in [1.165, 1.54) is 10.4 Å². The van der Waals surface area contributed by atoms with E-state index in [0.717, 1.165) is 19.6 Å². The number of piperazine rings is 1. The molecule has 0 aliphatic carbocycles. The number of nitrogens with zero attached hydrogens (tertiary/aromatic N) is 3. The molecule has 1 N–H and O–H groups in total. The average molecular weight is 479 g/mol. The van der Waals surface area contributed by atoms with Crippen molar-refractivity contribution in [2.45, 2.75) is 51.0 Å². The molecule has 0 spiro atoms. The van der Waals surface area contributed by atoms with Crippen LogP contribution in [-0.2, 0) is 19.6 Å². The van der Waals surface area contributed by atoms with Gasteiger partial charge in [0.25, 0.3) is 5.91 Å². The number of piperidine rings is 1. The summed E-state index contributed by atoms with van der Waals surface area (Å²) < 4.78 is 34.4. The number of sulfonamides is 1. The van der Waals surface area contributed by atoms with E-state index >= 15 is 0 Å². The summed E-state index contributed by atoms with van der Waals surface area (Å²) in [5.41, 5.74) is 1.02. The number of hydrogen-bond acceptors (Lipinski definition) is 6. The lowest BCUT2D eigenvalue weighted by Crippen LogP contribution is -2.52. The lowest BCUT2D eigenvalue weighted by Gasteiger charge is -2.38. The van der Waals surface area contributed by atoms with Crippen molar-refractivity contribution < 1.29 is 22.7 Å². The van der Waals surface area contributed by atoms with Crippen LogP contribution in [0.4, 0.5) is 5.69 Å². The number of rotatable bonds is 5. The SMILES string of the molecule is CC[C@H]1Oc2cc(S(=O)(=O)N3CCC[C@@H](C(=O)N4CCN(CC)CC4)C3)c(C)cc2NC1=O. The van der Waals surface area contributed by atoms with Crippen LogP contribution in [0.3, 0.4) is 0 Å². The number of amides is 2. The summed E-state index contributed by atoms with van der Waals surface area (Å²) >= 11 is 0. The highest BCUT2D eigenvalue weighted by molar-refractivity contribution is 7.89. The Morgan fingerprint density at radius 3 is 2.55 bits per heavy atom. The Balaban J connectivity index is 1.52. The summed E-state index contributed by atoms with van der Waals surface area (Å²) in [5.74, 6) is -0.120. The summed E-state index contributed by atoms with van der Waals surface area (Å²) in [6.45, 7) is 10.3. The molecule has 3 aliphatic heterocycles. The van der Waals surface area contributed by atoms with Crippen molar-refractivity contribution in [3.63, 3.8) is 0 Å². The van der Waals surface area contributed by atoms with Crippen LogP contribution in [-0.4, -0.2) is 86.3 Å². The molecule has 2 fully saturated rings. The summed E-state index contributed by atoms with van der Waals surface area (Å²) in [6.07, 6.45) is 1.21. The van der Waals surface area contributed by atoms with Gasteiger partial charge >= 0.3 is 0 Å². The highest BCUT2D eigenvalue weighted by atomic mass is 32.2. The molecule has 0 unspecified atom stereocenters. The van der Waals surface area contributed by atoms with Gasteiger partial charge in [0.1, 0.15) is 5.75 Å². The Kier molecular flexibility index (Phi) is 6.97. The van der Waals surface area contributed by atoms with Crippen molar-refractivity contribution in [2.75, 3.05) is 51.1 Å². The van der Waals surface area contributed by atoms with Crippen molar-refractivity contribution in [2.24, 2.45) is 5.92 Å². The van der Waals surface area contributed by atoms with Crippen molar-refractivity contribution in [1.82, 2.24) is 14.1 Å². The zero-order valence-corrected chi connectivity index (χ0v) is 20.5. The molecule has 4 rings (SSSR count). The molecule has 0 bridgehead atoms. The number of ether oxygens (including phenoxy) is 1. The van der Waals surface area contributed by atoms with Crippen molar-refractivity contribution in [3.8, 4) is 5.75 Å². The van der Waals surface area contributed by atoms with E-state index in [1.807, 2.05) is 11.8 Å². The van der Waals surface area contributed by atoms with E-state index in [2.05, 4.69) is 17.1 Å². The van der Waals surface area contributed by atoms with Crippen molar-refractivity contribution >= 4 is 27.5 Å². The number of anilines is 1. The van der Waals surface area contributed by atoms with Gasteiger partial charge in [0.05, 0.1) is 16.5 Å². The second kappa shape index (κ2) is 9.60. The van der Waals surface area contributed by atoms with Crippen LogP contribution < -0.4 is 10.1 Å². The van der Waals surface area contributed by atoms with Gasteiger partial charge in [-0.25, -0.2) is 8.42 Å². The first kappa shape index (κ1) is 24.0. The first-order valence-electron chi connectivity index (χ1n) is 11.9. The normalized spacial score (nSPS) is 24.7. The van der Waals surface area contributed by atoms with Crippen LogP contribution in [0.15, 0.2) is 17.0 Å². The molecular formula is C23H34N4O5S. The molecule has 10 heteroatoms. The monoisotopic (exact) mass is 478 g/mol. The maximum absolute atomic E-state index is 13.6. The summed E-state index contributed by atoms with van der Waals surface area (Å²) in [4.78, 5) is 29.6. The fraction of sp³-hybridized carbons (Fsp3) is 0.652. The minimum absolute atomic E-state index is 0.0599. The topological polar surface area (TPSA) is 99.3 Å². The number of nitrogens with one attached hydrogen (secondary N) is 1. The second-order valence-corrected chi connectivity index (χ2v) is 11.0. The van der Waals surface area contributed by atoms with Gasteiger partial charge in [-0.1, -0.05) is 13.8 Å². The molecule has 0 aromatic heterocycles. The van der Waals surface area contributed by atoms with Gasteiger partial charge in [0.15, 0.2) is 6.10 Å². The van der Waals surface area contributed by atoms with Crippen LogP contribution in [0.5, 0.6) is 5.75 Å². The first-order valence-corrected chi connectivity index (χ1v) is 13.3. The molecule has 0 radical (unpaired) electrons. The van der Waals surface area contributed by atoms with E-state index in [4.69, 9.17) is 4.74 Å². The molecule has 3 aliphatic rings. The fourth-order valence-electron chi connectivity index (χ4n) is 4.88. The summed E-state index contributed by atoms with van der Waals surface area (Å²) in [6, 6.07) is 3.16. The average Bonchev–Trinajstić information content (AvgIpc) is 2.83. The second-order valence-electron chi connectivity index (χ2n) is 9.08. The maximum atomic E-state index is 13.6. The smallest absolute Gasteiger partial charge is 0.265 e. The Bertz CT molecular complexity index is 1020. The number of likely N-dealkylation sites (N-methyl/N-ethyl adjacent to an activating group) is 1. The zero-order valence-electron chi connectivity index (χ0n) is 19.7. The lowest BCUT2D eigenvalue weighted by atomic mass is 9.98. The lowest BCUT2D eigenvalue weighted by molar-refractivity contribution is -0.138. The predicted molar refractivity (Wildman–Crippen MR) is 125 cm³/mol. The van der Waals surface area contributed by atoms with Gasteiger partial charge in [-0.05, 0) is 44.4 Å². The number of carbonyl (C=O) groups excluding carboxylic acids is 2. The molecule has 1 aromatic carbocycles. The molecule has 1 aromatic rings. The summed E-state index contributed by atoms with van der Waals surface area (Å²) in [7, 11) is -3.81. The Hall–Kier alpha value is -2.17. The number of benzene rings is 1. The standard InChI is InChI=1S/C23H34N4O5S/c1-4-19-22(28)24-18-13-16(3)21(14-20(18)32-19)33(30,31)27-8-6-7-17(15-27)23(29)26-11-9-25(5-2)10-12-26/h13-14,17,19H,4-12,15H2,1-3H3,(H,24,28)/t17-,19-/m1/s1. The fourth-order valence-corrected chi connectivity index (χ4v) is 6.62. The van der Waals surface area contributed by atoms with Crippen LogP contribution in [0.25, 0.3) is 0 Å². The highest BCUT2D eigenvalue weighted by Crippen LogP contribution is 2.36. The Morgan fingerprint density at radius 1 is 1.15 bits per heavy atom. The molecule has 182 valence electrons. The molecule has 9 nitrogen and oxygen atoms in total. The van der Waals surface area contributed by atoms with Gasteiger partial charge in [-0.2, -0.15) is 4.31 Å². The molecule has 3 heterocycles. The molecule has 2 atom stereocenters. The van der Waals surface area contributed by atoms with E-state index in [9.17, 15) is 18.0 Å². The number of aryl methyl sites for hydroxylation is 1. The quantitative estimate of drug-likeness (QED) is 0.691. The zero-order chi connectivity index (χ0) is 23.8. The molecule has 33 heavy (non-hydrogen) atoms. The van der Waals surface area contributed by atoms with Gasteiger partial charge in [-0.3, -0.25) is 9.59 Å². The number of hydrogen-bond donors (Lipinski definition) is 1. The van der Waals surface area contributed by atoms with Crippen LogP contribution in [0, 0.1) is 12.8 Å². The number of carbonyl (C=O) groups is 2. The summed E-state index contributed by atoms with van der Waals surface area (Å²) in [5, 5.41) is 2.80. The van der Waals surface area contributed by atoms with Gasteiger partial charge in [0, 0.05) is 45.3 Å². The van der Waals surface area contributed by atoms with Crippen molar-refractivity contribution in [1.29, 1.82) is 0 Å². The molecule has 2 amide bonds. The van der Waals surface area contributed by atoms with Gasteiger partial charge < -0.3 is 19.9 Å². The van der Waals surface area contributed by atoms with Gasteiger partial charge in [0.2, 0.25) is 15.9 Å². The van der Waals surface area contributed by atoms with Crippen molar-refractivity contribution in [3.05, 3.63) is 17.7 Å². The van der Waals surface area contributed by atoms with E-state index in [-0.39, 0.29) is 29.2 Å². The van der Waals surface area contributed by atoms with Gasteiger partial charge in [-0.15, -0.1) is 0 Å². The Labute approximate surface area is 196 Å². The largest absolute Gasteiger partial charge is 0.478 e. The maximum Gasteiger partial charge on any atom is 0.265 e. The molecule has 2 saturated heterocycles. The highest BCUT2D eigenvalue weighted by Gasteiger charge is 2.37. The van der Waals surface area contributed by atoms with Crippen LogP contribution >= 0.6 is 0 Å². The first-order chi connectivity index (χ1) is 15.7. The molecular weight excluding hydrogens is 444 g/mol. The predicted octanol–water partition coefficient (Wildman–Crippen LogP) is 1.67. The van der Waals surface area contributed by atoms with Crippen LogP contribution in [0.1, 0.15) is 38.7 Å². The number of fused-ring (bicyclic) bond motifs is 1. The minimum Gasteiger partial charge on any atom is -0.478 e. The van der Waals surface area contributed by atoms with E-state index in [0.29, 0.717) is 55.9 Å². The third-order valence-electron chi connectivity index (χ3n) is 6.95. The Morgan fingerprint density at radius 2 is 1.88 bits per heavy atom. The van der Waals surface area contributed by atoms with Crippen LogP contribution in [0.2, 0.25) is 0 Å². The molecule has 0 saturated carbocycles.